The van der Waals surface area contributed by atoms with E-state index >= 15 is 0 Å². The predicted molar refractivity (Wildman–Crippen MR) is 55.1 cm³/mol. The van der Waals surface area contributed by atoms with Crippen LogP contribution < -0.4 is 0 Å². The van der Waals surface area contributed by atoms with Gasteiger partial charge in [0.25, 0.3) is 0 Å². The molecule has 0 aromatic rings. The molecule has 0 aliphatic carbocycles. The Morgan fingerprint density at radius 2 is 0.350 bits per heavy atom. The number of hydrogen-bond acceptors (Lipinski definition) is 11. The normalized spacial score (nSPS) is 2.50. The first-order chi connectivity index (χ1) is 8.66. The topological polar surface area (TPSA) is 251 Å². The van der Waals surface area contributed by atoms with Crippen molar-refractivity contribution in [1.29, 1.82) is 0 Å². The Kier molecular flexibility index (Phi) is 868. The van der Waals surface area contributed by atoms with Crippen LogP contribution in [0.4, 0.5) is 0 Å². The van der Waals surface area contributed by atoms with E-state index in [1.807, 2.05) is 0 Å². The standard InChI is InChI=1S/3Mg.4O2Si.2H2O.3O/c;;;4*1-3-2;;;;;/h;;;;;;;2*1H2;;;. The van der Waals surface area contributed by atoms with Gasteiger partial charge in [0.1, 0.15) is 0 Å². The van der Waals surface area contributed by atoms with Crippen LogP contribution in [0.15, 0.2) is 0 Å². The van der Waals surface area contributed by atoms with E-state index in [1.165, 1.54) is 0 Å². The maximum atomic E-state index is 8.40. The zero-order valence-electron chi connectivity index (χ0n) is 9.61. The van der Waals surface area contributed by atoms with Crippen LogP contribution in [0.1, 0.15) is 0 Å². The fraction of sp³-hybridized carbons (Fsp3) is 0. The Morgan fingerprint density at radius 3 is 0.350 bits per heavy atom. The van der Waals surface area contributed by atoms with Crippen LogP contribution in [-0.4, -0.2) is 113 Å². The Morgan fingerprint density at radius 1 is 0.350 bits per heavy atom. The SMILES string of the molecule is O.O.O=[Si]=O.O=[Si]=O.O=[Si]=O.O=[Si]=O.[O]=[Mg].[O]=[Mg].[O]=[Mg]. The van der Waals surface area contributed by atoms with Crippen LogP contribution in [0.2, 0.25) is 0 Å². The predicted octanol–water partition coefficient (Wildman–Crippen LogP) is -5.62. The minimum atomic E-state index is -1.42. The summed E-state index contributed by atoms with van der Waals surface area (Å²) < 4.78 is 92.1. The first-order valence-corrected chi connectivity index (χ1v) is 7.50. The van der Waals surface area contributed by atoms with Gasteiger partial charge in [-0.05, 0) is 0 Å². The van der Waals surface area contributed by atoms with Gasteiger partial charge < -0.3 is 11.0 Å². The van der Waals surface area contributed by atoms with Crippen LogP contribution in [0.25, 0.3) is 0 Å². The van der Waals surface area contributed by atoms with Crippen molar-refractivity contribution < 1.29 is 56.2 Å². The zero-order chi connectivity index (χ0) is 16.8. The summed E-state index contributed by atoms with van der Waals surface area (Å²) in [7, 11) is -5.67. The van der Waals surface area contributed by atoms with Crippen molar-refractivity contribution in [3.63, 3.8) is 0 Å². The molecule has 0 bridgehead atoms. The van der Waals surface area contributed by atoms with Gasteiger partial charge in [-0.2, -0.15) is 0 Å². The molecule has 13 nitrogen and oxygen atoms in total. The van der Waals surface area contributed by atoms with E-state index < -0.39 is 37.2 Å². The van der Waals surface area contributed by atoms with Crippen molar-refractivity contribution in [3.05, 3.63) is 0 Å². The molecule has 104 valence electrons. The van der Waals surface area contributed by atoms with Crippen molar-refractivity contribution in [2.45, 2.75) is 0 Å². The molecule has 0 fully saturated rings. The Balaban J connectivity index is -0.0000000100. The van der Waals surface area contributed by atoms with E-state index in [0.29, 0.717) is 65.1 Å². The number of hydrogen-bond donors (Lipinski definition) is 0. The van der Waals surface area contributed by atoms with Crippen LogP contribution in [0.5, 0.6) is 0 Å². The Bertz CT molecular complexity index is 190. The molecule has 0 aliphatic heterocycles. The molecule has 0 heterocycles. The van der Waals surface area contributed by atoms with Gasteiger partial charge in [-0.25, -0.2) is 0 Å². The van der Waals surface area contributed by atoms with Crippen LogP contribution in [0, 0.1) is 0 Å². The fourth-order valence-corrected chi connectivity index (χ4v) is 0. The molecular formula is H4Mg3O13Si4. The summed E-state index contributed by atoms with van der Waals surface area (Å²) in [6.07, 6.45) is 0. The first-order valence-electron chi connectivity index (χ1n) is 2.50. The third kappa shape index (κ3) is 7690. The Labute approximate surface area is 157 Å². The summed E-state index contributed by atoms with van der Waals surface area (Å²) >= 11 is 1.83. The molecule has 0 aromatic heterocycles. The van der Waals surface area contributed by atoms with Gasteiger partial charge >= 0.3 is 112 Å². The van der Waals surface area contributed by atoms with Gasteiger partial charge in [-0.15, -0.1) is 0 Å². The Hall–Kier alpha value is 0.886. The minimum absolute atomic E-state index is 0. The van der Waals surface area contributed by atoms with E-state index in [0.717, 1.165) is 0 Å². The quantitative estimate of drug-likeness (QED) is 0.348. The summed E-state index contributed by atoms with van der Waals surface area (Å²) in [6.45, 7) is 0. The van der Waals surface area contributed by atoms with E-state index in [1.54, 1.807) is 0 Å². The second-order valence-electron chi connectivity index (χ2n) is 0.333. The van der Waals surface area contributed by atoms with Crippen LogP contribution in [-0.2, 0) is 45.2 Å². The molecule has 0 spiro atoms. The molecule has 0 atom stereocenters. The second-order valence-corrected chi connectivity index (χ2v) is 1.00. The molecule has 0 radical (unpaired) electrons. The third-order valence-electron chi connectivity index (χ3n) is 0. The van der Waals surface area contributed by atoms with E-state index in [9.17, 15) is 0 Å². The summed E-state index contributed by atoms with van der Waals surface area (Å²) in [5.41, 5.74) is 0. The van der Waals surface area contributed by atoms with Crippen LogP contribution >= 0.6 is 0 Å². The van der Waals surface area contributed by atoms with E-state index in [4.69, 9.17) is 45.2 Å². The summed E-state index contributed by atoms with van der Waals surface area (Å²) in [4.78, 5) is 0. The van der Waals surface area contributed by atoms with Gasteiger partial charge in [0.2, 0.25) is 0 Å². The molecule has 0 aliphatic rings. The van der Waals surface area contributed by atoms with Crippen molar-refractivity contribution in [1.82, 2.24) is 0 Å². The molecule has 4 N–H and O–H groups in total. The summed E-state index contributed by atoms with van der Waals surface area (Å²) in [5.74, 6) is 0. The van der Waals surface area contributed by atoms with Crippen molar-refractivity contribution in [2.75, 3.05) is 0 Å². The molecule has 0 unspecified atom stereocenters. The average Bonchev–Trinajstić information content (AvgIpc) is 2.40. The monoisotopic (exact) mass is 396 g/mol. The maximum absolute atomic E-state index is 8.40. The molecule has 20 heavy (non-hydrogen) atoms. The fourth-order valence-electron chi connectivity index (χ4n) is 0. The van der Waals surface area contributed by atoms with Crippen LogP contribution in [0.3, 0.4) is 0 Å². The van der Waals surface area contributed by atoms with E-state index in [2.05, 4.69) is 0 Å². The molecule has 0 aromatic carbocycles. The molecule has 0 rings (SSSR count). The molecule has 0 saturated carbocycles. The first kappa shape index (κ1) is 58.5. The van der Waals surface area contributed by atoms with Crippen molar-refractivity contribution in [3.8, 4) is 0 Å². The van der Waals surface area contributed by atoms with Gasteiger partial charge in [0.05, 0.1) is 0 Å². The molecular weight excluding hydrogens is 393 g/mol. The molecule has 0 saturated heterocycles. The van der Waals surface area contributed by atoms with Gasteiger partial charge in [0.15, 0.2) is 0 Å². The summed E-state index contributed by atoms with van der Waals surface area (Å²) in [5, 5.41) is 0. The summed E-state index contributed by atoms with van der Waals surface area (Å²) in [6, 6.07) is 0. The molecule has 20 heteroatoms. The zero-order valence-corrected chi connectivity index (χ0v) is 17.9. The third-order valence-corrected chi connectivity index (χ3v) is 0. The second kappa shape index (κ2) is 297. The van der Waals surface area contributed by atoms with Crippen molar-refractivity contribution >= 4 is 102 Å². The number of rotatable bonds is 0. The average molecular weight is 397 g/mol. The van der Waals surface area contributed by atoms with Gasteiger partial charge in [-0.3, -0.25) is 35.7 Å². The van der Waals surface area contributed by atoms with Crippen molar-refractivity contribution in [2.24, 2.45) is 0 Å². The van der Waals surface area contributed by atoms with E-state index in [-0.39, 0.29) is 11.0 Å². The van der Waals surface area contributed by atoms with Gasteiger partial charge in [-0.1, -0.05) is 0 Å². The van der Waals surface area contributed by atoms with Gasteiger partial charge in [0, 0.05) is 0 Å². The molecule has 0 amide bonds.